The van der Waals surface area contributed by atoms with Crippen LogP contribution in [-0.2, 0) is 0 Å². The van der Waals surface area contributed by atoms with Crippen molar-refractivity contribution >= 4 is 15.9 Å². The number of rotatable bonds is 2. The molecule has 18 heavy (non-hydrogen) atoms. The average molecular weight is 314 g/mol. The van der Waals surface area contributed by atoms with Crippen LogP contribution in [0, 0.1) is 0 Å². The van der Waals surface area contributed by atoms with Gasteiger partial charge in [0.05, 0.1) is 17.1 Å². The highest BCUT2D eigenvalue weighted by Gasteiger charge is 2.30. The fourth-order valence-electron chi connectivity index (χ4n) is 2.64. The molecule has 0 spiro atoms. The van der Waals surface area contributed by atoms with Crippen molar-refractivity contribution in [3.8, 4) is 17.2 Å². The van der Waals surface area contributed by atoms with Crippen molar-refractivity contribution in [3.05, 3.63) is 16.1 Å². The molecular formula is C13H16BrNO3. The minimum absolute atomic E-state index is 0.279. The van der Waals surface area contributed by atoms with E-state index in [0.29, 0.717) is 0 Å². The lowest BCUT2D eigenvalue weighted by molar-refractivity contribution is 0.172. The molecule has 3 rings (SSSR count). The second-order valence-electron chi connectivity index (χ2n) is 4.54. The first-order chi connectivity index (χ1) is 8.81. The molecule has 2 aliphatic heterocycles. The number of ether oxygens (including phenoxy) is 3. The lowest BCUT2D eigenvalue weighted by Gasteiger charge is -2.26. The molecule has 0 saturated carbocycles. The monoisotopic (exact) mass is 313 g/mol. The molecule has 1 atom stereocenters. The Morgan fingerprint density at radius 1 is 1.39 bits per heavy atom. The van der Waals surface area contributed by atoms with Crippen molar-refractivity contribution < 1.29 is 14.2 Å². The number of hydrogen-bond donors (Lipinski definition) is 1. The van der Waals surface area contributed by atoms with E-state index in [0.717, 1.165) is 40.3 Å². The summed E-state index contributed by atoms with van der Waals surface area (Å²) in [5.74, 6) is 2.47. The normalized spacial score (nSPS) is 22.0. The van der Waals surface area contributed by atoms with Crippen LogP contribution >= 0.6 is 15.9 Å². The number of fused-ring (bicyclic) bond motifs is 1. The topological polar surface area (TPSA) is 39.7 Å². The number of nitrogens with one attached hydrogen (secondary N) is 1. The van der Waals surface area contributed by atoms with E-state index >= 15 is 0 Å². The van der Waals surface area contributed by atoms with Crippen LogP contribution in [0.4, 0.5) is 0 Å². The molecule has 5 heteroatoms. The number of piperidine rings is 1. The molecule has 4 nitrogen and oxygen atoms in total. The molecule has 0 bridgehead atoms. The summed E-state index contributed by atoms with van der Waals surface area (Å²) in [7, 11) is 1.69. The van der Waals surface area contributed by atoms with Crippen molar-refractivity contribution in [2.45, 2.75) is 25.3 Å². The van der Waals surface area contributed by atoms with Gasteiger partial charge in [0, 0.05) is 12.1 Å². The summed E-state index contributed by atoms with van der Waals surface area (Å²) in [6, 6.07) is 2.19. The number of methoxy groups -OCH3 is 1. The lowest BCUT2D eigenvalue weighted by Crippen LogP contribution is -2.27. The van der Waals surface area contributed by atoms with Crippen molar-refractivity contribution in [2.75, 3.05) is 20.4 Å². The Balaban J connectivity index is 2.09. The predicted octanol–water partition coefficient (Wildman–Crippen LogP) is 3.00. The summed E-state index contributed by atoms with van der Waals surface area (Å²) >= 11 is 3.54. The summed E-state index contributed by atoms with van der Waals surface area (Å²) in [5.41, 5.74) is 1.08. The zero-order valence-corrected chi connectivity index (χ0v) is 11.9. The van der Waals surface area contributed by atoms with Crippen LogP contribution in [0.1, 0.15) is 30.9 Å². The molecule has 98 valence electrons. The van der Waals surface area contributed by atoms with Crippen LogP contribution in [0.3, 0.4) is 0 Å². The van der Waals surface area contributed by atoms with Gasteiger partial charge >= 0.3 is 0 Å². The van der Waals surface area contributed by atoms with Gasteiger partial charge < -0.3 is 19.5 Å². The van der Waals surface area contributed by atoms with E-state index in [9.17, 15) is 0 Å². The first kappa shape index (κ1) is 12.1. The third-order valence-corrected chi connectivity index (χ3v) is 4.06. The maximum atomic E-state index is 5.62. The Kier molecular flexibility index (Phi) is 3.35. The van der Waals surface area contributed by atoms with E-state index in [1.165, 1.54) is 12.8 Å². The maximum Gasteiger partial charge on any atom is 0.231 e. The zero-order valence-electron chi connectivity index (χ0n) is 10.3. The molecule has 0 aromatic heterocycles. The predicted molar refractivity (Wildman–Crippen MR) is 71.4 cm³/mol. The molecule has 0 radical (unpaired) electrons. The molecule has 0 aliphatic carbocycles. The maximum absolute atomic E-state index is 5.62. The highest BCUT2D eigenvalue weighted by atomic mass is 79.9. The Morgan fingerprint density at radius 3 is 3.00 bits per heavy atom. The van der Waals surface area contributed by atoms with Gasteiger partial charge in [0.25, 0.3) is 0 Å². The van der Waals surface area contributed by atoms with E-state index in [1.807, 2.05) is 6.07 Å². The molecular weight excluding hydrogens is 298 g/mol. The number of halogens is 1. The highest BCUT2D eigenvalue weighted by molar-refractivity contribution is 9.10. The van der Waals surface area contributed by atoms with Gasteiger partial charge in [-0.1, -0.05) is 6.42 Å². The second-order valence-corrected chi connectivity index (χ2v) is 5.40. The van der Waals surface area contributed by atoms with Gasteiger partial charge in [0.1, 0.15) is 5.75 Å². The Labute approximate surface area is 115 Å². The van der Waals surface area contributed by atoms with Crippen LogP contribution in [0.25, 0.3) is 0 Å². The van der Waals surface area contributed by atoms with Crippen LogP contribution in [0.15, 0.2) is 10.5 Å². The summed E-state index contributed by atoms with van der Waals surface area (Å²) in [4.78, 5) is 0. The van der Waals surface area contributed by atoms with E-state index in [2.05, 4.69) is 21.2 Å². The Hall–Kier alpha value is -0.940. The Bertz CT molecular complexity index is 454. The van der Waals surface area contributed by atoms with Crippen molar-refractivity contribution in [1.29, 1.82) is 0 Å². The molecule has 1 saturated heterocycles. The summed E-state index contributed by atoms with van der Waals surface area (Å²) in [5, 5.41) is 3.53. The summed E-state index contributed by atoms with van der Waals surface area (Å²) in [6.07, 6.45) is 3.55. The molecule has 1 fully saturated rings. The standard InChI is InChI=1S/C13H16BrNO3/c1-16-12-8(14)6-10-13(18-7-17-10)11(12)9-4-2-3-5-15-9/h6,9,15H,2-5,7H2,1H3. The van der Waals surface area contributed by atoms with E-state index in [1.54, 1.807) is 7.11 Å². The van der Waals surface area contributed by atoms with Gasteiger partial charge in [-0.05, 0) is 35.3 Å². The third kappa shape index (κ3) is 1.95. The molecule has 0 amide bonds. The van der Waals surface area contributed by atoms with E-state index in [-0.39, 0.29) is 12.8 Å². The van der Waals surface area contributed by atoms with Gasteiger partial charge in [-0.25, -0.2) is 0 Å². The first-order valence-corrected chi connectivity index (χ1v) is 7.00. The number of hydrogen-bond acceptors (Lipinski definition) is 4. The van der Waals surface area contributed by atoms with E-state index < -0.39 is 0 Å². The fraction of sp³-hybridized carbons (Fsp3) is 0.538. The largest absolute Gasteiger partial charge is 0.495 e. The minimum atomic E-state index is 0.279. The quantitative estimate of drug-likeness (QED) is 0.911. The molecule has 1 aromatic rings. The van der Waals surface area contributed by atoms with Crippen LogP contribution in [-0.4, -0.2) is 20.4 Å². The lowest BCUT2D eigenvalue weighted by atomic mass is 9.95. The smallest absolute Gasteiger partial charge is 0.231 e. The minimum Gasteiger partial charge on any atom is -0.495 e. The van der Waals surface area contributed by atoms with Crippen molar-refractivity contribution in [2.24, 2.45) is 0 Å². The summed E-state index contributed by atoms with van der Waals surface area (Å²) < 4.78 is 17.5. The molecule has 1 aromatic carbocycles. The van der Waals surface area contributed by atoms with Gasteiger partial charge in [-0.3, -0.25) is 0 Å². The van der Waals surface area contributed by atoms with Gasteiger partial charge in [0.2, 0.25) is 6.79 Å². The molecule has 2 aliphatic rings. The van der Waals surface area contributed by atoms with Crippen LogP contribution in [0.2, 0.25) is 0 Å². The van der Waals surface area contributed by atoms with Gasteiger partial charge in [-0.15, -0.1) is 0 Å². The fourth-order valence-corrected chi connectivity index (χ4v) is 3.22. The van der Waals surface area contributed by atoms with Gasteiger partial charge in [-0.2, -0.15) is 0 Å². The number of benzene rings is 1. The summed E-state index contributed by atoms with van der Waals surface area (Å²) in [6.45, 7) is 1.32. The third-order valence-electron chi connectivity index (χ3n) is 3.47. The average Bonchev–Trinajstić information content (AvgIpc) is 2.85. The van der Waals surface area contributed by atoms with E-state index in [4.69, 9.17) is 14.2 Å². The first-order valence-electron chi connectivity index (χ1n) is 6.20. The van der Waals surface area contributed by atoms with Crippen LogP contribution < -0.4 is 19.5 Å². The Morgan fingerprint density at radius 2 is 2.28 bits per heavy atom. The molecule has 1 N–H and O–H groups in total. The molecule has 1 unspecified atom stereocenters. The van der Waals surface area contributed by atoms with Crippen molar-refractivity contribution in [1.82, 2.24) is 5.32 Å². The van der Waals surface area contributed by atoms with Gasteiger partial charge in [0.15, 0.2) is 11.5 Å². The van der Waals surface area contributed by atoms with Crippen molar-refractivity contribution in [3.63, 3.8) is 0 Å². The SMILES string of the molecule is COc1c(Br)cc2c(c1C1CCCCN1)OCO2. The second kappa shape index (κ2) is 4.97. The highest BCUT2D eigenvalue weighted by Crippen LogP contribution is 2.49. The molecule has 2 heterocycles. The van der Waals surface area contributed by atoms with Crippen LogP contribution in [0.5, 0.6) is 17.2 Å². The zero-order chi connectivity index (χ0) is 12.5.